The summed E-state index contributed by atoms with van der Waals surface area (Å²) in [5, 5.41) is 0. The molecule has 4 nitrogen and oxygen atoms in total. The Hall–Kier alpha value is -2.69. The Bertz CT molecular complexity index is 748. The van der Waals surface area contributed by atoms with Crippen LogP contribution in [0, 0.1) is 5.82 Å². The van der Waals surface area contributed by atoms with E-state index < -0.39 is 0 Å². The average molecular weight is 340 g/mol. The van der Waals surface area contributed by atoms with Gasteiger partial charge in [-0.1, -0.05) is 36.4 Å². The van der Waals surface area contributed by atoms with E-state index in [0.717, 1.165) is 6.42 Å². The fraction of sp³-hybridized carbons (Fsp3) is 0.300. The maximum atomic E-state index is 13.7. The van der Waals surface area contributed by atoms with Crippen LogP contribution < -0.4 is 0 Å². The molecule has 130 valence electrons. The molecule has 0 N–H and O–H groups in total. The van der Waals surface area contributed by atoms with Gasteiger partial charge in [0.05, 0.1) is 6.42 Å². The Kier molecular flexibility index (Phi) is 5.43. The van der Waals surface area contributed by atoms with E-state index in [-0.39, 0.29) is 24.1 Å². The zero-order valence-electron chi connectivity index (χ0n) is 14.0. The van der Waals surface area contributed by atoms with Crippen LogP contribution in [0.2, 0.25) is 0 Å². The second-order valence-electron chi connectivity index (χ2n) is 6.16. The van der Waals surface area contributed by atoms with Crippen molar-refractivity contribution >= 4 is 11.8 Å². The topological polar surface area (TPSA) is 40.6 Å². The van der Waals surface area contributed by atoms with E-state index in [1.807, 2.05) is 18.2 Å². The maximum Gasteiger partial charge on any atom is 0.253 e. The number of hydrogen-bond acceptors (Lipinski definition) is 2. The highest BCUT2D eigenvalue weighted by Gasteiger charge is 2.23. The zero-order valence-corrected chi connectivity index (χ0v) is 14.0. The number of nitrogens with zero attached hydrogens (tertiary/aromatic N) is 2. The third-order valence-electron chi connectivity index (χ3n) is 4.46. The van der Waals surface area contributed by atoms with Gasteiger partial charge in [0.15, 0.2) is 0 Å². The Morgan fingerprint density at radius 1 is 0.840 bits per heavy atom. The smallest absolute Gasteiger partial charge is 0.253 e. The third kappa shape index (κ3) is 4.24. The highest BCUT2D eigenvalue weighted by atomic mass is 19.1. The van der Waals surface area contributed by atoms with E-state index in [0.29, 0.717) is 37.3 Å². The summed E-state index contributed by atoms with van der Waals surface area (Å²) in [6, 6.07) is 15.5. The molecule has 0 aromatic heterocycles. The lowest BCUT2D eigenvalue weighted by Crippen LogP contribution is -2.38. The lowest BCUT2D eigenvalue weighted by atomic mass is 10.1. The van der Waals surface area contributed by atoms with Crippen molar-refractivity contribution in [3.8, 4) is 0 Å². The second kappa shape index (κ2) is 7.92. The Labute approximate surface area is 146 Å². The van der Waals surface area contributed by atoms with E-state index in [1.165, 1.54) is 6.07 Å². The highest BCUT2D eigenvalue weighted by molar-refractivity contribution is 5.94. The van der Waals surface area contributed by atoms with Crippen molar-refractivity contribution in [1.82, 2.24) is 9.80 Å². The largest absolute Gasteiger partial charge is 0.341 e. The molecule has 2 aromatic carbocycles. The van der Waals surface area contributed by atoms with Crippen molar-refractivity contribution in [1.29, 1.82) is 0 Å². The summed E-state index contributed by atoms with van der Waals surface area (Å²) < 4.78 is 13.7. The molecule has 1 heterocycles. The third-order valence-corrected chi connectivity index (χ3v) is 4.46. The van der Waals surface area contributed by atoms with Gasteiger partial charge in [0, 0.05) is 31.7 Å². The van der Waals surface area contributed by atoms with Crippen LogP contribution in [-0.2, 0) is 11.2 Å². The number of carbonyl (C=O) groups excluding carboxylic acids is 2. The van der Waals surface area contributed by atoms with Gasteiger partial charge in [-0.25, -0.2) is 4.39 Å². The highest BCUT2D eigenvalue weighted by Crippen LogP contribution is 2.12. The van der Waals surface area contributed by atoms with Gasteiger partial charge >= 0.3 is 0 Å². The van der Waals surface area contributed by atoms with Crippen LogP contribution in [0.3, 0.4) is 0 Å². The summed E-state index contributed by atoms with van der Waals surface area (Å²) in [5.41, 5.74) is 1.07. The first-order chi connectivity index (χ1) is 12.1. The quantitative estimate of drug-likeness (QED) is 0.862. The molecule has 0 unspecified atom stereocenters. The fourth-order valence-electron chi connectivity index (χ4n) is 3.05. The molecule has 1 fully saturated rings. The van der Waals surface area contributed by atoms with Crippen molar-refractivity contribution < 1.29 is 14.0 Å². The van der Waals surface area contributed by atoms with Crippen LogP contribution in [0.25, 0.3) is 0 Å². The van der Waals surface area contributed by atoms with Gasteiger partial charge in [-0.3, -0.25) is 9.59 Å². The number of amides is 2. The first kappa shape index (κ1) is 17.1. The van der Waals surface area contributed by atoms with E-state index >= 15 is 0 Å². The molecule has 0 atom stereocenters. The minimum atomic E-state index is -0.355. The van der Waals surface area contributed by atoms with Gasteiger partial charge in [0.2, 0.25) is 5.91 Å². The first-order valence-corrected chi connectivity index (χ1v) is 8.50. The number of carbonyl (C=O) groups is 2. The van der Waals surface area contributed by atoms with Crippen LogP contribution in [0.1, 0.15) is 22.3 Å². The maximum absolute atomic E-state index is 13.7. The first-order valence-electron chi connectivity index (χ1n) is 8.50. The van der Waals surface area contributed by atoms with Crippen LogP contribution in [0.15, 0.2) is 54.6 Å². The summed E-state index contributed by atoms with van der Waals surface area (Å²) >= 11 is 0. The summed E-state index contributed by atoms with van der Waals surface area (Å²) in [4.78, 5) is 28.5. The van der Waals surface area contributed by atoms with Crippen molar-refractivity contribution in [3.05, 3.63) is 71.5 Å². The van der Waals surface area contributed by atoms with E-state index in [4.69, 9.17) is 0 Å². The molecule has 1 aliphatic rings. The van der Waals surface area contributed by atoms with Crippen LogP contribution >= 0.6 is 0 Å². The van der Waals surface area contributed by atoms with Crippen LogP contribution in [0.4, 0.5) is 4.39 Å². The van der Waals surface area contributed by atoms with E-state index in [1.54, 1.807) is 40.1 Å². The Morgan fingerprint density at radius 2 is 1.48 bits per heavy atom. The standard InChI is InChI=1S/C20H21FN2O2/c21-18-10-5-4-9-17(18)15-19(24)22-11-6-12-23(14-13-22)20(25)16-7-2-1-3-8-16/h1-5,7-10H,6,11-15H2. The molecular formula is C20H21FN2O2. The molecule has 5 heteroatoms. The van der Waals surface area contributed by atoms with Gasteiger partial charge in [-0.05, 0) is 30.2 Å². The number of halogens is 1. The second-order valence-corrected chi connectivity index (χ2v) is 6.16. The molecule has 1 saturated heterocycles. The summed E-state index contributed by atoms with van der Waals surface area (Å²) in [6.45, 7) is 2.19. The van der Waals surface area contributed by atoms with Gasteiger partial charge in [-0.2, -0.15) is 0 Å². The SMILES string of the molecule is O=C(Cc1ccccc1F)N1CCCN(C(=O)c2ccccc2)CC1. The summed E-state index contributed by atoms with van der Waals surface area (Å²) in [7, 11) is 0. The number of benzene rings is 2. The van der Waals surface area contributed by atoms with E-state index in [2.05, 4.69) is 0 Å². The molecule has 0 saturated carbocycles. The predicted octanol–water partition coefficient (Wildman–Crippen LogP) is 2.74. The van der Waals surface area contributed by atoms with Gasteiger partial charge in [0.1, 0.15) is 5.82 Å². The molecule has 2 amide bonds. The molecule has 0 radical (unpaired) electrons. The molecule has 25 heavy (non-hydrogen) atoms. The molecule has 3 rings (SSSR count). The van der Waals surface area contributed by atoms with Crippen molar-refractivity contribution in [2.45, 2.75) is 12.8 Å². The summed E-state index contributed by atoms with van der Waals surface area (Å²) in [6.07, 6.45) is 0.779. The fourth-order valence-corrected chi connectivity index (χ4v) is 3.05. The predicted molar refractivity (Wildman–Crippen MR) is 93.6 cm³/mol. The molecule has 2 aromatic rings. The van der Waals surface area contributed by atoms with Crippen LogP contribution in [-0.4, -0.2) is 47.8 Å². The van der Waals surface area contributed by atoms with E-state index in [9.17, 15) is 14.0 Å². The van der Waals surface area contributed by atoms with Crippen molar-refractivity contribution in [2.75, 3.05) is 26.2 Å². The monoisotopic (exact) mass is 340 g/mol. The molecule has 0 aliphatic carbocycles. The zero-order chi connectivity index (χ0) is 17.6. The van der Waals surface area contributed by atoms with Crippen molar-refractivity contribution in [2.24, 2.45) is 0 Å². The molecule has 0 bridgehead atoms. The molecular weight excluding hydrogens is 319 g/mol. The van der Waals surface area contributed by atoms with Gasteiger partial charge < -0.3 is 9.80 Å². The lowest BCUT2D eigenvalue weighted by molar-refractivity contribution is -0.130. The minimum Gasteiger partial charge on any atom is -0.341 e. The number of hydrogen-bond donors (Lipinski definition) is 0. The van der Waals surface area contributed by atoms with Gasteiger partial charge in [-0.15, -0.1) is 0 Å². The van der Waals surface area contributed by atoms with Crippen molar-refractivity contribution in [3.63, 3.8) is 0 Å². The Morgan fingerprint density at radius 3 is 2.24 bits per heavy atom. The molecule has 0 spiro atoms. The molecule has 1 aliphatic heterocycles. The lowest BCUT2D eigenvalue weighted by Gasteiger charge is -2.22. The van der Waals surface area contributed by atoms with Gasteiger partial charge in [0.25, 0.3) is 5.91 Å². The summed E-state index contributed by atoms with van der Waals surface area (Å²) in [5.74, 6) is -0.463. The number of rotatable bonds is 3. The average Bonchev–Trinajstić information content (AvgIpc) is 2.90. The Balaban J connectivity index is 1.60. The normalized spacial score (nSPS) is 14.9. The minimum absolute atomic E-state index is 0.0102. The van der Waals surface area contributed by atoms with Crippen LogP contribution in [0.5, 0.6) is 0 Å².